The highest BCUT2D eigenvalue weighted by atomic mass is 16.5. The minimum Gasteiger partial charge on any atom is -0.377 e. The first-order valence-corrected chi connectivity index (χ1v) is 6.29. The maximum atomic E-state index is 12.3. The molecular weight excluding hydrogens is 214 g/mol. The second-order valence-corrected chi connectivity index (χ2v) is 4.84. The Balaban J connectivity index is 1.70. The standard InChI is InChI=1S/C14H17NO2/c16-14-12-7-9-17-13(12)6-8-15(14)10-11-4-2-1-3-5-11/h1-5,12-13H,6-10H2/t12-,13-/m0/s1. The van der Waals surface area contributed by atoms with Crippen molar-refractivity contribution < 1.29 is 9.53 Å². The number of rotatable bonds is 2. The van der Waals surface area contributed by atoms with Crippen LogP contribution in [0.25, 0.3) is 0 Å². The van der Waals surface area contributed by atoms with Gasteiger partial charge in [0, 0.05) is 19.7 Å². The topological polar surface area (TPSA) is 29.5 Å². The van der Waals surface area contributed by atoms with E-state index in [9.17, 15) is 4.79 Å². The summed E-state index contributed by atoms with van der Waals surface area (Å²) in [6, 6.07) is 10.2. The van der Waals surface area contributed by atoms with Crippen LogP contribution < -0.4 is 0 Å². The molecule has 90 valence electrons. The molecule has 0 bridgehead atoms. The van der Waals surface area contributed by atoms with Crippen LogP contribution in [0.2, 0.25) is 0 Å². The lowest BCUT2D eigenvalue weighted by atomic mass is 9.93. The fourth-order valence-corrected chi connectivity index (χ4v) is 2.80. The molecular formula is C14H17NO2. The fourth-order valence-electron chi connectivity index (χ4n) is 2.80. The average Bonchev–Trinajstić information content (AvgIpc) is 2.83. The van der Waals surface area contributed by atoms with Crippen LogP contribution in [-0.2, 0) is 16.1 Å². The van der Waals surface area contributed by atoms with Gasteiger partial charge < -0.3 is 9.64 Å². The molecule has 2 fully saturated rings. The van der Waals surface area contributed by atoms with Crippen LogP contribution in [-0.4, -0.2) is 30.1 Å². The predicted octanol–water partition coefficient (Wildman–Crippen LogP) is 1.82. The highest BCUT2D eigenvalue weighted by Gasteiger charge is 2.40. The Kier molecular flexibility index (Phi) is 2.85. The van der Waals surface area contributed by atoms with E-state index in [1.54, 1.807) is 0 Å². The number of likely N-dealkylation sites (tertiary alicyclic amines) is 1. The summed E-state index contributed by atoms with van der Waals surface area (Å²) >= 11 is 0. The van der Waals surface area contributed by atoms with Crippen molar-refractivity contribution in [2.75, 3.05) is 13.2 Å². The van der Waals surface area contributed by atoms with Crippen molar-refractivity contribution in [3.05, 3.63) is 35.9 Å². The molecule has 17 heavy (non-hydrogen) atoms. The van der Waals surface area contributed by atoms with Crippen molar-refractivity contribution in [2.24, 2.45) is 5.92 Å². The Bertz CT molecular complexity index is 404. The van der Waals surface area contributed by atoms with E-state index in [0.29, 0.717) is 0 Å². The van der Waals surface area contributed by atoms with Gasteiger partial charge in [-0.3, -0.25) is 4.79 Å². The normalized spacial score (nSPS) is 28.2. The highest BCUT2D eigenvalue weighted by Crippen LogP contribution is 2.30. The maximum Gasteiger partial charge on any atom is 0.228 e. The monoisotopic (exact) mass is 231 g/mol. The van der Waals surface area contributed by atoms with Crippen LogP contribution >= 0.6 is 0 Å². The molecule has 3 rings (SSSR count). The van der Waals surface area contributed by atoms with Crippen molar-refractivity contribution in [3.63, 3.8) is 0 Å². The van der Waals surface area contributed by atoms with Gasteiger partial charge in [0.1, 0.15) is 0 Å². The Morgan fingerprint density at radius 1 is 1.24 bits per heavy atom. The summed E-state index contributed by atoms with van der Waals surface area (Å²) in [5.74, 6) is 0.398. The Morgan fingerprint density at radius 3 is 2.88 bits per heavy atom. The Labute approximate surface area is 101 Å². The second-order valence-electron chi connectivity index (χ2n) is 4.84. The zero-order valence-corrected chi connectivity index (χ0v) is 9.84. The van der Waals surface area contributed by atoms with Crippen molar-refractivity contribution in [3.8, 4) is 0 Å². The van der Waals surface area contributed by atoms with Gasteiger partial charge in [-0.2, -0.15) is 0 Å². The molecule has 0 aromatic heterocycles. The SMILES string of the molecule is O=C1[C@H]2CCO[C@H]2CCN1Cc1ccccc1. The summed E-state index contributed by atoms with van der Waals surface area (Å²) in [7, 11) is 0. The maximum absolute atomic E-state index is 12.3. The van der Waals surface area contributed by atoms with Crippen molar-refractivity contribution in [1.29, 1.82) is 0 Å². The van der Waals surface area contributed by atoms with Gasteiger partial charge in [-0.1, -0.05) is 30.3 Å². The molecule has 1 amide bonds. The lowest BCUT2D eigenvalue weighted by Crippen LogP contribution is -2.45. The molecule has 0 radical (unpaired) electrons. The summed E-state index contributed by atoms with van der Waals surface area (Å²) in [6.45, 7) is 2.32. The molecule has 0 saturated carbocycles. The minimum atomic E-state index is 0.118. The van der Waals surface area contributed by atoms with Crippen molar-refractivity contribution in [2.45, 2.75) is 25.5 Å². The van der Waals surface area contributed by atoms with Crippen LogP contribution in [0.5, 0.6) is 0 Å². The molecule has 2 heterocycles. The van der Waals surface area contributed by atoms with Crippen LogP contribution in [0.4, 0.5) is 0 Å². The quantitative estimate of drug-likeness (QED) is 0.777. The molecule has 3 heteroatoms. The summed E-state index contributed by atoms with van der Waals surface area (Å²) in [5, 5.41) is 0. The number of ether oxygens (including phenoxy) is 1. The number of benzene rings is 1. The lowest BCUT2D eigenvalue weighted by molar-refractivity contribution is -0.142. The molecule has 2 atom stereocenters. The third-order valence-electron chi connectivity index (χ3n) is 3.74. The van der Waals surface area contributed by atoms with Gasteiger partial charge in [0.2, 0.25) is 5.91 Å². The van der Waals surface area contributed by atoms with Crippen LogP contribution in [0.15, 0.2) is 30.3 Å². The van der Waals surface area contributed by atoms with E-state index in [1.807, 2.05) is 23.1 Å². The molecule has 1 aromatic rings. The minimum absolute atomic E-state index is 0.118. The number of carbonyl (C=O) groups excluding carboxylic acids is 1. The molecule has 0 unspecified atom stereocenters. The van der Waals surface area contributed by atoms with Gasteiger partial charge in [-0.15, -0.1) is 0 Å². The first-order chi connectivity index (χ1) is 8.34. The second kappa shape index (κ2) is 4.49. The smallest absolute Gasteiger partial charge is 0.228 e. The van der Waals surface area contributed by atoms with E-state index in [4.69, 9.17) is 4.74 Å². The third-order valence-corrected chi connectivity index (χ3v) is 3.74. The van der Waals surface area contributed by atoms with E-state index in [2.05, 4.69) is 12.1 Å². The van der Waals surface area contributed by atoms with Crippen LogP contribution in [0, 0.1) is 5.92 Å². The largest absolute Gasteiger partial charge is 0.377 e. The van der Waals surface area contributed by atoms with Crippen LogP contribution in [0.1, 0.15) is 18.4 Å². The van der Waals surface area contributed by atoms with Gasteiger partial charge in [0.15, 0.2) is 0 Å². The van der Waals surface area contributed by atoms with E-state index in [-0.39, 0.29) is 17.9 Å². The number of hydrogen-bond donors (Lipinski definition) is 0. The van der Waals surface area contributed by atoms with Gasteiger partial charge in [0.05, 0.1) is 12.0 Å². The van der Waals surface area contributed by atoms with E-state index < -0.39 is 0 Å². The van der Waals surface area contributed by atoms with E-state index in [1.165, 1.54) is 5.56 Å². The average molecular weight is 231 g/mol. The number of piperidine rings is 1. The van der Waals surface area contributed by atoms with Crippen LogP contribution in [0.3, 0.4) is 0 Å². The summed E-state index contributed by atoms with van der Waals surface area (Å²) in [6.07, 6.45) is 2.08. The molecule has 0 aliphatic carbocycles. The first-order valence-electron chi connectivity index (χ1n) is 6.29. The summed E-state index contributed by atoms with van der Waals surface area (Å²) in [4.78, 5) is 14.2. The lowest BCUT2D eigenvalue weighted by Gasteiger charge is -2.33. The van der Waals surface area contributed by atoms with Crippen molar-refractivity contribution >= 4 is 5.91 Å². The van der Waals surface area contributed by atoms with Gasteiger partial charge >= 0.3 is 0 Å². The first kappa shape index (κ1) is 10.8. The number of amides is 1. The fraction of sp³-hybridized carbons (Fsp3) is 0.500. The van der Waals surface area contributed by atoms with Crippen molar-refractivity contribution in [1.82, 2.24) is 4.90 Å². The Hall–Kier alpha value is -1.35. The molecule has 0 N–H and O–H groups in total. The van der Waals surface area contributed by atoms with E-state index in [0.717, 1.165) is 32.5 Å². The number of nitrogens with zero attached hydrogens (tertiary/aromatic N) is 1. The highest BCUT2D eigenvalue weighted by molar-refractivity contribution is 5.80. The number of fused-ring (bicyclic) bond motifs is 1. The zero-order chi connectivity index (χ0) is 11.7. The zero-order valence-electron chi connectivity index (χ0n) is 9.84. The van der Waals surface area contributed by atoms with Gasteiger partial charge in [-0.25, -0.2) is 0 Å². The predicted molar refractivity (Wildman–Crippen MR) is 64.3 cm³/mol. The molecule has 1 aromatic carbocycles. The molecule has 3 nitrogen and oxygen atoms in total. The summed E-state index contributed by atoms with van der Waals surface area (Å²) in [5.41, 5.74) is 1.21. The Morgan fingerprint density at radius 2 is 2.06 bits per heavy atom. The van der Waals surface area contributed by atoms with E-state index >= 15 is 0 Å². The molecule has 2 aliphatic rings. The molecule has 2 aliphatic heterocycles. The molecule has 2 saturated heterocycles. The third kappa shape index (κ3) is 2.07. The van der Waals surface area contributed by atoms with Gasteiger partial charge in [-0.05, 0) is 18.4 Å². The summed E-state index contributed by atoms with van der Waals surface area (Å²) < 4.78 is 5.58. The van der Waals surface area contributed by atoms with Gasteiger partial charge in [0.25, 0.3) is 0 Å². The number of hydrogen-bond acceptors (Lipinski definition) is 2. The number of carbonyl (C=O) groups is 1. The molecule has 0 spiro atoms.